The lowest BCUT2D eigenvalue weighted by molar-refractivity contribution is -0.193. The highest BCUT2D eigenvalue weighted by atomic mass is 127. The van der Waals surface area contributed by atoms with Gasteiger partial charge in [0, 0.05) is 80.0 Å². The SMILES string of the molecule is C=C(CC(C)(Cl)Cl)C(C)C.CC(C)C(=O)CC(C)(Br)Br.CC(C)C(=O)CC(C)(Br)Br.CC(C)C(=O)CC(C)(F)F.CC(C)C(=O)CC(C)(I)I.CC(C)C(=O)CC(C)(I)I.CC(C)C(=O)CC(Cl)Cl.CC(C)C(=O)CC(F)F.O=C=O.O=C=O.O=C=O.O=C=O.O=C=O.O=C=O.O=C=O.O=C=O. The minimum absolute atomic E-state index is 0.0463. The van der Waals surface area contributed by atoms with Gasteiger partial charge < -0.3 is 0 Å². The minimum Gasteiger partial charge on any atom is -0.299 e. The van der Waals surface area contributed by atoms with Crippen LogP contribution in [-0.4, -0.2) is 121 Å². The number of carbonyl (C=O) groups is 7. The molecule has 0 fully saturated rings. The molecule has 0 aromatic carbocycles. The van der Waals surface area contributed by atoms with E-state index in [1.165, 1.54) is 0 Å². The molecule has 0 aromatic heterocycles. The van der Waals surface area contributed by atoms with Gasteiger partial charge in [0.15, 0.2) is 0 Å². The summed E-state index contributed by atoms with van der Waals surface area (Å²) in [4.78, 5) is 206. The monoisotopic (exact) mass is 2260 g/mol. The zero-order chi connectivity index (χ0) is 86.7. The van der Waals surface area contributed by atoms with Crippen LogP contribution in [-0.2, 0) is 110 Å². The molecule has 102 heavy (non-hydrogen) atoms. The first-order valence-electron chi connectivity index (χ1n) is 28.5. The van der Waals surface area contributed by atoms with Crippen molar-refractivity contribution in [1.82, 2.24) is 0 Å². The van der Waals surface area contributed by atoms with Gasteiger partial charge in [0.1, 0.15) is 49.7 Å². The van der Waals surface area contributed by atoms with Crippen LogP contribution in [0, 0.1) is 47.3 Å². The molecule has 0 rings (SSSR count). The fraction of sp³-hybridized carbons (Fsp3) is 0.730. The summed E-state index contributed by atoms with van der Waals surface area (Å²) in [6, 6.07) is 0. The first-order valence-corrected chi connectivity index (χ1v) is 37.6. The molecular formula is C63H94Br4Cl4F4I4O23. The van der Waals surface area contributed by atoms with E-state index in [1.807, 2.05) is 83.1 Å². The van der Waals surface area contributed by atoms with Crippen molar-refractivity contribution in [2.75, 3.05) is 0 Å². The molecule has 0 radical (unpaired) electrons. The summed E-state index contributed by atoms with van der Waals surface area (Å²) in [5.41, 5.74) is 1.10. The Morgan fingerprint density at radius 3 is 0.569 bits per heavy atom. The van der Waals surface area contributed by atoms with E-state index in [1.54, 1.807) is 34.6 Å². The molecular weight excluding hydrogens is 2170 g/mol. The number of halogens is 16. The molecule has 0 aromatic rings. The molecule has 0 heterocycles. The van der Waals surface area contributed by atoms with Gasteiger partial charge in [-0.05, 0) is 47.5 Å². The predicted molar refractivity (Wildman–Crippen MR) is 418 cm³/mol. The maximum atomic E-state index is 12.1. The van der Waals surface area contributed by atoms with Gasteiger partial charge in [-0.1, -0.05) is 277 Å². The predicted octanol–water partition coefficient (Wildman–Crippen LogP) is 18.2. The highest BCUT2D eigenvalue weighted by Crippen LogP contribution is 2.34. The van der Waals surface area contributed by atoms with Gasteiger partial charge in [-0.25, -0.2) is 17.6 Å². The van der Waals surface area contributed by atoms with E-state index in [9.17, 15) is 51.1 Å². The maximum Gasteiger partial charge on any atom is 0.373 e. The molecule has 23 nitrogen and oxygen atoms in total. The zero-order valence-electron chi connectivity index (χ0n) is 60.6. The molecule has 0 unspecified atom stereocenters. The topological polar surface area (TPSA) is 393 Å². The molecule has 0 saturated carbocycles. The zero-order valence-corrected chi connectivity index (χ0v) is 78.6. The highest BCUT2D eigenvalue weighted by Gasteiger charge is 2.27. The summed E-state index contributed by atoms with van der Waals surface area (Å²) in [6.45, 7) is 44.1. The van der Waals surface area contributed by atoms with Gasteiger partial charge in [-0.2, -0.15) is 76.7 Å². The molecule has 596 valence electrons. The van der Waals surface area contributed by atoms with Crippen LogP contribution < -0.4 is 0 Å². The van der Waals surface area contributed by atoms with Crippen LogP contribution in [0.5, 0.6) is 0 Å². The van der Waals surface area contributed by atoms with E-state index in [0.717, 1.165) is 12.5 Å². The second-order valence-corrected chi connectivity index (χ2v) is 48.4. The Bertz CT molecular complexity index is 2080. The lowest BCUT2D eigenvalue weighted by Crippen LogP contribution is -2.19. The van der Waals surface area contributed by atoms with E-state index < -0.39 is 34.4 Å². The molecule has 0 aliphatic heterocycles. The fourth-order valence-corrected chi connectivity index (χ4v) is 7.19. The van der Waals surface area contributed by atoms with E-state index in [2.05, 4.69) is 188 Å². The van der Waals surface area contributed by atoms with Crippen molar-refractivity contribution >= 4 is 290 Å². The van der Waals surface area contributed by atoms with E-state index in [-0.39, 0.29) is 135 Å². The largest absolute Gasteiger partial charge is 0.373 e. The molecule has 0 bridgehead atoms. The molecule has 0 aliphatic rings. The van der Waals surface area contributed by atoms with Gasteiger partial charge in [0.05, 0.1) is 22.2 Å². The van der Waals surface area contributed by atoms with Crippen molar-refractivity contribution in [1.29, 1.82) is 0 Å². The van der Waals surface area contributed by atoms with Gasteiger partial charge >= 0.3 is 49.2 Å². The number of rotatable bonds is 24. The molecule has 39 heteroatoms. The standard InChI is InChI=1S/C8H14Cl2.2C7H12Br2O.C7H12F2O.2C7H12I2O.C6H10Cl2O.C6H10F2O.8CO2/c1-6(2)7(3)5-8(4,9)10;5*1-5(2)6(10)4-7(3,8)9;2*1-4(2)5(9)3-6(7)8;8*2-1-3/h6H,3,5H2,1-2,4H3;5*5H,4H2,1-3H3;2*4,6H,3H2,1-2H3;;;;;;;;. The number of ketones is 7. The summed E-state index contributed by atoms with van der Waals surface area (Å²) in [6.07, 6.45) is 1.63. The van der Waals surface area contributed by atoms with Crippen LogP contribution in [0.4, 0.5) is 17.6 Å². The number of hydrogen-bond donors (Lipinski definition) is 0. The van der Waals surface area contributed by atoms with Crippen molar-refractivity contribution in [3.63, 3.8) is 0 Å². The average Bonchev–Trinajstić information content (AvgIpc) is 0.989. The Labute approximate surface area is 704 Å². The Hall–Kier alpha value is -1.81. The Morgan fingerprint density at radius 1 is 0.343 bits per heavy atom. The first kappa shape index (κ1) is 139. The van der Waals surface area contributed by atoms with Gasteiger partial charge in [-0.15, -0.1) is 46.4 Å². The third-order valence-electron chi connectivity index (χ3n) is 9.00. The minimum atomic E-state index is -2.85. The second-order valence-electron chi connectivity index (χ2n) is 22.5. The lowest BCUT2D eigenvalue weighted by Gasteiger charge is -2.16. The van der Waals surface area contributed by atoms with Crippen LogP contribution in [0.15, 0.2) is 12.2 Å². The number of hydrogen-bond acceptors (Lipinski definition) is 23. The molecule has 0 saturated heterocycles. The van der Waals surface area contributed by atoms with Crippen molar-refractivity contribution < 1.29 is 128 Å². The van der Waals surface area contributed by atoms with E-state index in [0.29, 0.717) is 49.6 Å². The van der Waals surface area contributed by atoms with Crippen LogP contribution in [0.3, 0.4) is 0 Å². The van der Waals surface area contributed by atoms with E-state index >= 15 is 0 Å². The highest BCUT2D eigenvalue weighted by molar-refractivity contribution is 14.2. The third kappa shape index (κ3) is 199. The van der Waals surface area contributed by atoms with Crippen molar-refractivity contribution in [2.24, 2.45) is 47.3 Å². The van der Waals surface area contributed by atoms with Gasteiger partial charge in [0.25, 0.3) is 5.92 Å². The van der Waals surface area contributed by atoms with E-state index in [4.69, 9.17) is 123 Å². The summed E-state index contributed by atoms with van der Waals surface area (Å²) in [5, 5.41) is 0. The summed E-state index contributed by atoms with van der Waals surface area (Å²) in [7, 11) is 0. The van der Waals surface area contributed by atoms with Gasteiger partial charge in [-0.3, -0.25) is 33.6 Å². The molecule has 0 spiro atoms. The van der Waals surface area contributed by atoms with Crippen molar-refractivity contribution in [3.05, 3.63) is 12.2 Å². The number of Topliss-reactive ketones (excluding diaryl/α,β-unsaturated/α-hetero) is 7. The number of alkyl halides is 16. The van der Waals surface area contributed by atoms with Crippen LogP contribution in [0.25, 0.3) is 0 Å². The van der Waals surface area contributed by atoms with Crippen LogP contribution in [0.2, 0.25) is 0 Å². The van der Waals surface area contributed by atoms with Crippen LogP contribution in [0.1, 0.15) is 204 Å². The van der Waals surface area contributed by atoms with Crippen molar-refractivity contribution in [2.45, 2.75) is 235 Å². The molecule has 0 atom stereocenters. The molecule has 0 aliphatic carbocycles. The quantitative estimate of drug-likeness (QED) is 0.0375. The summed E-state index contributed by atoms with van der Waals surface area (Å²) < 4.78 is 46.2. The van der Waals surface area contributed by atoms with Crippen LogP contribution >= 0.6 is 200 Å². The normalized spacial score (nSPS) is 9.73. The Kier molecular flexibility index (Phi) is 120. The number of allylic oxidation sites excluding steroid dienone is 1. The molecule has 0 amide bonds. The maximum absolute atomic E-state index is 12.1. The van der Waals surface area contributed by atoms with Gasteiger partial charge in [0.2, 0.25) is 6.43 Å². The fourth-order valence-electron chi connectivity index (χ4n) is 3.93. The average molecular weight is 2260 g/mol. The lowest BCUT2D eigenvalue weighted by atomic mass is 10.0. The number of carbonyl (C=O) groups excluding carboxylic acids is 23. The summed E-state index contributed by atoms with van der Waals surface area (Å²) in [5.74, 6) is -1.63. The Morgan fingerprint density at radius 2 is 0.510 bits per heavy atom. The first-order chi connectivity index (χ1) is 45.3. The Balaban J connectivity index is -0.0000000566. The third-order valence-corrected chi connectivity index (χ3v) is 12.2. The smallest absolute Gasteiger partial charge is 0.299 e. The summed E-state index contributed by atoms with van der Waals surface area (Å²) >= 11 is 44.8. The van der Waals surface area contributed by atoms with Crippen molar-refractivity contribution in [3.8, 4) is 0 Å². The molecule has 0 N–H and O–H groups in total. The second kappa shape index (κ2) is 88.1.